The number of fused-ring (bicyclic) bond motifs is 1. The third-order valence-corrected chi connectivity index (χ3v) is 4.98. The van der Waals surface area contributed by atoms with Gasteiger partial charge >= 0.3 is 6.18 Å². The van der Waals surface area contributed by atoms with Gasteiger partial charge in [0.25, 0.3) is 0 Å². The van der Waals surface area contributed by atoms with E-state index in [0.717, 1.165) is 0 Å². The molecule has 1 aromatic carbocycles. The van der Waals surface area contributed by atoms with Gasteiger partial charge in [0.2, 0.25) is 16.0 Å². The maximum Gasteiger partial charge on any atom is 0.405 e. The van der Waals surface area contributed by atoms with Gasteiger partial charge in [-0.25, -0.2) is 23.5 Å². The van der Waals surface area contributed by atoms with Gasteiger partial charge in [-0.3, -0.25) is 0 Å². The molecule has 4 N–H and O–H groups in total. The molecule has 9 nitrogen and oxygen atoms in total. The lowest BCUT2D eigenvalue weighted by molar-refractivity contribution is -0.115. The summed E-state index contributed by atoms with van der Waals surface area (Å²) < 4.78 is 65.8. The Labute approximate surface area is 175 Å². The fourth-order valence-corrected chi connectivity index (χ4v) is 3.16. The summed E-state index contributed by atoms with van der Waals surface area (Å²) in [7, 11) is -2.32. The van der Waals surface area contributed by atoms with Gasteiger partial charge in [-0.05, 0) is 29.8 Å². The molecule has 2 aromatic heterocycles. The number of methoxy groups -OCH3 is 1. The van der Waals surface area contributed by atoms with E-state index in [1.807, 2.05) is 0 Å². The quantitative estimate of drug-likeness (QED) is 0.471. The van der Waals surface area contributed by atoms with Crippen molar-refractivity contribution in [1.29, 1.82) is 0 Å². The molecule has 166 valence electrons. The molecule has 0 aliphatic heterocycles. The third-order valence-electron chi connectivity index (χ3n) is 4.05. The van der Waals surface area contributed by atoms with Crippen LogP contribution in [0.25, 0.3) is 11.0 Å². The average Bonchev–Trinajstić information content (AvgIpc) is 2.70. The number of anilines is 2. The minimum absolute atomic E-state index is 0.0326. The lowest BCUT2D eigenvalue weighted by atomic mass is 10.2. The Kier molecular flexibility index (Phi) is 6.57. The van der Waals surface area contributed by atoms with Crippen molar-refractivity contribution in [2.45, 2.75) is 24.2 Å². The van der Waals surface area contributed by atoms with E-state index in [1.165, 1.54) is 19.2 Å². The number of benzene rings is 1. The first-order valence-corrected chi connectivity index (χ1v) is 10.4. The Morgan fingerprint density at radius 3 is 2.35 bits per heavy atom. The molecule has 0 amide bonds. The minimum atomic E-state index is -4.44. The summed E-state index contributed by atoms with van der Waals surface area (Å²) in [5, 5.41) is 10.2. The lowest BCUT2D eigenvalue weighted by Crippen LogP contribution is -2.22. The van der Waals surface area contributed by atoms with Crippen LogP contribution in [-0.4, -0.2) is 43.2 Å². The molecule has 13 heteroatoms. The zero-order valence-electron chi connectivity index (χ0n) is 16.3. The van der Waals surface area contributed by atoms with E-state index >= 15 is 0 Å². The van der Waals surface area contributed by atoms with Crippen molar-refractivity contribution in [2.75, 3.05) is 24.3 Å². The molecular formula is C18H19F3N6O3S. The smallest absolute Gasteiger partial charge is 0.378 e. The summed E-state index contributed by atoms with van der Waals surface area (Å²) in [5.41, 5.74) is 1.73. The molecule has 0 saturated carbocycles. The van der Waals surface area contributed by atoms with Crippen LogP contribution in [-0.2, 0) is 27.9 Å². The Morgan fingerprint density at radius 1 is 1.03 bits per heavy atom. The van der Waals surface area contributed by atoms with E-state index in [-0.39, 0.29) is 35.3 Å². The van der Waals surface area contributed by atoms with E-state index in [4.69, 9.17) is 9.88 Å². The fourth-order valence-electron chi connectivity index (χ4n) is 2.65. The van der Waals surface area contributed by atoms with E-state index in [9.17, 15) is 21.6 Å². The Hall–Kier alpha value is -3.03. The number of ether oxygens (including phenoxy) is 1. The van der Waals surface area contributed by atoms with Crippen molar-refractivity contribution in [1.82, 2.24) is 15.0 Å². The first-order valence-electron chi connectivity index (χ1n) is 8.88. The molecule has 0 unspecified atom stereocenters. The van der Waals surface area contributed by atoms with Crippen molar-refractivity contribution in [3.63, 3.8) is 0 Å². The van der Waals surface area contributed by atoms with Crippen molar-refractivity contribution < 1.29 is 26.3 Å². The molecule has 0 saturated heterocycles. The number of nitrogens with zero attached hydrogens (tertiary/aromatic N) is 3. The van der Waals surface area contributed by atoms with Crippen LogP contribution in [0.15, 0.2) is 41.3 Å². The molecule has 3 rings (SSSR count). The first-order chi connectivity index (χ1) is 14.5. The van der Waals surface area contributed by atoms with E-state index in [0.29, 0.717) is 16.8 Å². The van der Waals surface area contributed by atoms with Crippen LogP contribution >= 0.6 is 0 Å². The SMILES string of the molecule is COCc1ccc2nc(NCc3ccc(S(N)(=O)=O)cc3)nc(NCC(F)(F)F)c2n1. The third kappa shape index (κ3) is 6.23. The number of hydrogen-bond acceptors (Lipinski definition) is 8. The number of sulfonamides is 1. The van der Waals surface area contributed by atoms with Gasteiger partial charge in [0, 0.05) is 13.7 Å². The molecule has 0 aliphatic carbocycles. The molecule has 0 fully saturated rings. The molecule has 3 aromatic rings. The first kappa shape index (κ1) is 22.7. The standard InChI is InChI=1S/C18H19F3N6O3S/c1-30-9-12-4-7-14-15(25-12)16(24-10-18(19,20)21)27-17(26-14)23-8-11-2-5-13(6-3-11)31(22,28)29/h2-7H,8-10H2,1H3,(H2,22,28,29)(H2,23,24,26,27). The summed E-state index contributed by atoms with van der Waals surface area (Å²) >= 11 is 0. The average molecular weight is 456 g/mol. The number of halogens is 3. The molecule has 31 heavy (non-hydrogen) atoms. The van der Waals surface area contributed by atoms with Crippen molar-refractivity contribution >= 4 is 32.8 Å². The van der Waals surface area contributed by atoms with Gasteiger partial charge < -0.3 is 15.4 Å². The Morgan fingerprint density at radius 2 is 1.74 bits per heavy atom. The van der Waals surface area contributed by atoms with Gasteiger partial charge in [-0.15, -0.1) is 0 Å². The fraction of sp³-hybridized carbons (Fsp3) is 0.278. The molecule has 0 radical (unpaired) electrons. The number of primary sulfonamides is 1. The number of hydrogen-bond donors (Lipinski definition) is 3. The highest BCUT2D eigenvalue weighted by molar-refractivity contribution is 7.89. The van der Waals surface area contributed by atoms with Crippen LogP contribution in [0, 0.1) is 0 Å². The topological polar surface area (TPSA) is 132 Å². The highest BCUT2D eigenvalue weighted by Gasteiger charge is 2.27. The second kappa shape index (κ2) is 8.99. The summed E-state index contributed by atoms with van der Waals surface area (Å²) in [6, 6.07) is 9.08. The Bertz CT molecular complexity index is 1170. The van der Waals surface area contributed by atoms with Crippen LogP contribution in [0.4, 0.5) is 24.9 Å². The molecular weight excluding hydrogens is 437 g/mol. The van der Waals surface area contributed by atoms with E-state index < -0.39 is 22.7 Å². The summed E-state index contributed by atoms with van der Waals surface area (Å²) in [6.07, 6.45) is -4.44. The highest BCUT2D eigenvalue weighted by atomic mass is 32.2. The number of rotatable bonds is 8. The van der Waals surface area contributed by atoms with Crippen molar-refractivity contribution in [2.24, 2.45) is 5.14 Å². The van der Waals surface area contributed by atoms with Crippen LogP contribution in [0.2, 0.25) is 0 Å². The Balaban J connectivity index is 1.86. The minimum Gasteiger partial charge on any atom is -0.378 e. The second-order valence-corrected chi connectivity index (χ2v) is 8.07. The van der Waals surface area contributed by atoms with Crippen molar-refractivity contribution in [3.8, 4) is 0 Å². The van der Waals surface area contributed by atoms with Gasteiger partial charge in [-0.2, -0.15) is 18.2 Å². The largest absolute Gasteiger partial charge is 0.405 e. The van der Waals surface area contributed by atoms with Crippen LogP contribution in [0.3, 0.4) is 0 Å². The summed E-state index contributed by atoms with van der Waals surface area (Å²) in [6.45, 7) is -0.906. The lowest BCUT2D eigenvalue weighted by Gasteiger charge is -2.13. The van der Waals surface area contributed by atoms with Crippen molar-refractivity contribution in [3.05, 3.63) is 47.7 Å². The van der Waals surface area contributed by atoms with Crippen LogP contribution in [0.1, 0.15) is 11.3 Å². The number of aromatic nitrogens is 3. The van der Waals surface area contributed by atoms with Gasteiger partial charge in [0.05, 0.1) is 22.7 Å². The predicted molar refractivity (Wildman–Crippen MR) is 108 cm³/mol. The molecule has 0 spiro atoms. The normalized spacial score (nSPS) is 12.2. The van der Waals surface area contributed by atoms with Gasteiger partial charge in [0.1, 0.15) is 12.1 Å². The summed E-state index contributed by atoms with van der Waals surface area (Å²) in [5.74, 6) is 0.00124. The number of nitrogens with one attached hydrogen (secondary N) is 2. The van der Waals surface area contributed by atoms with Crippen LogP contribution in [0.5, 0.6) is 0 Å². The maximum atomic E-state index is 12.7. The zero-order valence-corrected chi connectivity index (χ0v) is 17.1. The molecule has 2 heterocycles. The predicted octanol–water partition coefficient (Wildman–Crippen LogP) is 2.40. The highest BCUT2D eigenvalue weighted by Crippen LogP contribution is 2.23. The molecule has 0 bridgehead atoms. The second-order valence-electron chi connectivity index (χ2n) is 6.51. The number of pyridine rings is 1. The number of alkyl halides is 3. The van der Waals surface area contributed by atoms with Crippen LogP contribution < -0.4 is 15.8 Å². The van der Waals surface area contributed by atoms with Gasteiger partial charge in [0.15, 0.2) is 5.82 Å². The van der Waals surface area contributed by atoms with E-state index in [2.05, 4.69) is 25.6 Å². The zero-order chi connectivity index (χ0) is 22.6. The molecule has 0 atom stereocenters. The number of nitrogens with two attached hydrogens (primary N) is 1. The summed E-state index contributed by atoms with van der Waals surface area (Å²) in [4.78, 5) is 12.7. The maximum absolute atomic E-state index is 12.7. The monoisotopic (exact) mass is 456 g/mol. The van der Waals surface area contributed by atoms with Gasteiger partial charge in [-0.1, -0.05) is 12.1 Å². The van der Waals surface area contributed by atoms with E-state index in [1.54, 1.807) is 24.3 Å². The molecule has 0 aliphatic rings.